The van der Waals surface area contributed by atoms with Gasteiger partial charge in [0.1, 0.15) is 5.01 Å². The molecule has 6 nitrogen and oxygen atoms in total. The Labute approximate surface area is 191 Å². The summed E-state index contributed by atoms with van der Waals surface area (Å²) in [6, 6.07) is 17.5. The number of para-hydroxylation sites is 1. The first kappa shape index (κ1) is 20.2. The molecule has 5 rings (SSSR count). The first-order valence-electron chi connectivity index (χ1n) is 9.78. The lowest BCUT2D eigenvalue weighted by molar-refractivity contribution is 0.0938. The number of nitrogens with zero attached hydrogens (tertiary/aromatic N) is 4. The number of carbonyl (C=O) groups is 1. The Morgan fingerprint density at radius 3 is 2.84 bits per heavy atom. The van der Waals surface area contributed by atoms with Crippen LogP contribution in [-0.4, -0.2) is 37.5 Å². The maximum Gasteiger partial charge on any atom is 0.261 e. The highest BCUT2D eigenvalue weighted by molar-refractivity contribution is 7.98. The van der Waals surface area contributed by atoms with Crippen LogP contribution in [0.4, 0.5) is 0 Å². The van der Waals surface area contributed by atoms with E-state index in [2.05, 4.69) is 27.8 Å². The van der Waals surface area contributed by atoms with Crippen LogP contribution in [0, 0.1) is 0 Å². The van der Waals surface area contributed by atoms with Crippen molar-refractivity contribution in [1.29, 1.82) is 0 Å². The van der Waals surface area contributed by atoms with E-state index in [9.17, 15) is 4.79 Å². The normalized spacial score (nSPS) is 12.4. The molecule has 4 aromatic heterocycles. The molecule has 9 heteroatoms. The molecule has 1 amide bonds. The summed E-state index contributed by atoms with van der Waals surface area (Å²) in [6.45, 7) is 0. The van der Waals surface area contributed by atoms with E-state index in [1.807, 2.05) is 59.1 Å². The van der Waals surface area contributed by atoms with E-state index < -0.39 is 0 Å². The van der Waals surface area contributed by atoms with E-state index in [1.165, 1.54) is 11.3 Å². The monoisotopic (exact) mass is 465 g/mol. The maximum atomic E-state index is 13.1. The van der Waals surface area contributed by atoms with Crippen LogP contribution in [0.5, 0.6) is 0 Å². The minimum Gasteiger partial charge on any atom is -0.341 e. The number of hydrogen-bond acceptors (Lipinski definition) is 7. The number of nitrogens with one attached hydrogen (secondary N) is 1. The minimum atomic E-state index is -0.217. The smallest absolute Gasteiger partial charge is 0.261 e. The number of thioether (sulfide) groups is 1. The molecule has 0 saturated heterocycles. The zero-order valence-corrected chi connectivity index (χ0v) is 19.1. The van der Waals surface area contributed by atoms with Crippen molar-refractivity contribution >= 4 is 56.2 Å². The summed E-state index contributed by atoms with van der Waals surface area (Å²) < 4.78 is 3.08. The molecule has 0 aliphatic carbocycles. The Kier molecular flexibility index (Phi) is 5.71. The van der Waals surface area contributed by atoms with E-state index in [-0.39, 0.29) is 11.9 Å². The predicted molar refractivity (Wildman–Crippen MR) is 129 cm³/mol. The van der Waals surface area contributed by atoms with Crippen LogP contribution in [0.25, 0.3) is 25.7 Å². The van der Waals surface area contributed by atoms with Crippen molar-refractivity contribution in [2.24, 2.45) is 0 Å². The molecule has 0 saturated carbocycles. The van der Waals surface area contributed by atoms with Crippen molar-refractivity contribution in [1.82, 2.24) is 24.9 Å². The number of carbonyl (C=O) groups excluding carboxylic acids is 1. The van der Waals surface area contributed by atoms with Crippen molar-refractivity contribution in [3.63, 3.8) is 0 Å². The molecular weight excluding hydrogens is 446 g/mol. The predicted octanol–water partition coefficient (Wildman–Crippen LogP) is 5.29. The Hall–Kier alpha value is -2.75. The van der Waals surface area contributed by atoms with Crippen LogP contribution >= 0.6 is 34.4 Å². The molecule has 1 aromatic carbocycles. The van der Waals surface area contributed by atoms with E-state index in [1.54, 1.807) is 23.1 Å². The first-order chi connectivity index (χ1) is 15.2. The van der Waals surface area contributed by atoms with Crippen LogP contribution in [-0.2, 0) is 0 Å². The number of hydrogen-bond donors (Lipinski definition) is 1. The van der Waals surface area contributed by atoms with Gasteiger partial charge in [0.05, 0.1) is 26.0 Å². The van der Waals surface area contributed by atoms with Gasteiger partial charge in [0.15, 0.2) is 11.5 Å². The summed E-state index contributed by atoms with van der Waals surface area (Å²) >= 11 is 4.85. The molecule has 1 atom stereocenters. The van der Waals surface area contributed by atoms with Crippen molar-refractivity contribution in [3.8, 4) is 9.88 Å². The van der Waals surface area contributed by atoms with E-state index in [0.717, 1.165) is 43.7 Å². The van der Waals surface area contributed by atoms with Gasteiger partial charge in [-0.15, -0.1) is 32.9 Å². The van der Waals surface area contributed by atoms with Gasteiger partial charge in [-0.05, 0) is 54.8 Å². The van der Waals surface area contributed by atoms with Gasteiger partial charge in [0, 0.05) is 6.20 Å². The largest absolute Gasteiger partial charge is 0.341 e. The van der Waals surface area contributed by atoms with Gasteiger partial charge in [-0.2, -0.15) is 11.8 Å². The standard InChI is InChI=1S/C22H19N5OS3/c1-29-13-11-15(20-26-25-19-8-4-5-12-27(19)20)23-21(28)17-9-10-18(30-17)22-24-14-6-2-3-7-16(14)31-22/h2-10,12,15H,11,13H2,1H3,(H,23,28). The SMILES string of the molecule is CSCCC(NC(=O)c1ccc(-c2nc3ccccc3s2)s1)c1nnc2ccccn12. The van der Waals surface area contributed by atoms with E-state index in [0.29, 0.717) is 4.88 Å². The van der Waals surface area contributed by atoms with E-state index in [4.69, 9.17) is 4.98 Å². The molecule has 4 heterocycles. The molecule has 156 valence electrons. The molecule has 0 spiro atoms. The number of benzene rings is 1. The Morgan fingerprint density at radius 2 is 1.97 bits per heavy atom. The number of rotatable bonds is 7. The molecule has 5 aromatic rings. The number of thiophene rings is 1. The van der Waals surface area contributed by atoms with Crippen LogP contribution < -0.4 is 5.32 Å². The van der Waals surface area contributed by atoms with Gasteiger partial charge < -0.3 is 5.32 Å². The highest BCUT2D eigenvalue weighted by Crippen LogP contribution is 2.34. The summed E-state index contributed by atoms with van der Waals surface area (Å²) in [5.41, 5.74) is 1.76. The Bertz CT molecular complexity index is 1320. The van der Waals surface area contributed by atoms with E-state index >= 15 is 0 Å². The number of aromatic nitrogens is 4. The molecule has 0 fully saturated rings. The van der Waals surface area contributed by atoms with Gasteiger partial charge in [-0.3, -0.25) is 9.20 Å². The summed E-state index contributed by atoms with van der Waals surface area (Å²) in [5, 5.41) is 12.7. The second-order valence-electron chi connectivity index (χ2n) is 6.95. The summed E-state index contributed by atoms with van der Waals surface area (Å²) in [7, 11) is 0. The number of fused-ring (bicyclic) bond motifs is 2. The highest BCUT2D eigenvalue weighted by Gasteiger charge is 2.22. The molecule has 31 heavy (non-hydrogen) atoms. The van der Waals surface area contributed by atoms with Crippen molar-refractivity contribution in [3.05, 3.63) is 71.5 Å². The number of thiazole rings is 1. The minimum absolute atomic E-state index is 0.101. The van der Waals surface area contributed by atoms with Gasteiger partial charge in [0.2, 0.25) is 0 Å². The zero-order valence-electron chi connectivity index (χ0n) is 16.7. The molecule has 0 bridgehead atoms. The van der Waals surface area contributed by atoms with Crippen LogP contribution in [0.2, 0.25) is 0 Å². The summed E-state index contributed by atoms with van der Waals surface area (Å²) in [5.74, 6) is 1.56. The third kappa shape index (κ3) is 4.08. The molecule has 0 aliphatic heterocycles. The number of pyridine rings is 1. The average Bonchev–Trinajstić information content (AvgIpc) is 3.54. The highest BCUT2D eigenvalue weighted by atomic mass is 32.2. The van der Waals surface area contributed by atoms with Crippen LogP contribution in [0.3, 0.4) is 0 Å². The molecule has 1 N–H and O–H groups in total. The Balaban J connectivity index is 1.39. The van der Waals surface area contributed by atoms with Crippen LogP contribution in [0.15, 0.2) is 60.8 Å². The maximum absolute atomic E-state index is 13.1. The first-order valence-corrected chi connectivity index (χ1v) is 12.8. The number of amides is 1. The van der Waals surface area contributed by atoms with Gasteiger partial charge in [0.25, 0.3) is 5.91 Å². The average molecular weight is 466 g/mol. The molecule has 0 radical (unpaired) electrons. The topological polar surface area (TPSA) is 72.2 Å². The quantitative estimate of drug-likeness (QED) is 0.353. The third-order valence-corrected chi connectivity index (χ3v) is 7.84. The summed E-state index contributed by atoms with van der Waals surface area (Å²) in [4.78, 5) is 19.5. The fraction of sp³-hybridized carbons (Fsp3) is 0.182. The van der Waals surface area contributed by atoms with Crippen LogP contribution in [0.1, 0.15) is 28.0 Å². The fourth-order valence-corrected chi connectivity index (χ4v) is 5.78. The summed E-state index contributed by atoms with van der Waals surface area (Å²) in [6.07, 6.45) is 4.77. The van der Waals surface area contributed by atoms with Crippen molar-refractivity contribution < 1.29 is 4.79 Å². The fourth-order valence-electron chi connectivity index (χ4n) is 3.38. The molecule has 1 unspecified atom stereocenters. The van der Waals surface area contributed by atoms with Crippen molar-refractivity contribution in [2.75, 3.05) is 12.0 Å². The molecular formula is C22H19N5OS3. The Morgan fingerprint density at radius 1 is 1.10 bits per heavy atom. The lowest BCUT2D eigenvalue weighted by Gasteiger charge is -2.16. The lowest BCUT2D eigenvalue weighted by Crippen LogP contribution is -2.29. The third-order valence-electron chi connectivity index (χ3n) is 4.90. The van der Waals surface area contributed by atoms with Gasteiger partial charge in [-0.25, -0.2) is 4.98 Å². The second-order valence-corrected chi connectivity index (χ2v) is 10.0. The zero-order chi connectivity index (χ0) is 21.2. The van der Waals surface area contributed by atoms with Gasteiger partial charge in [-0.1, -0.05) is 18.2 Å². The van der Waals surface area contributed by atoms with Gasteiger partial charge >= 0.3 is 0 Å². The lowest BCUT2D eigenvalue weighted by atomic mass is 10.2. The van der Waals surface area contributed by atoms with Crippen molar-refractivity contribution in [2.45, 2.75) is 12.5 Å². The second kappa shape index (κ2) is 8.78. The molecule has 0 aliphatic rings.